The lowest BCUT2D eigenvalue weighted by Crippen LogP contribution is -2.60. The highest BCUT2D eigenvalue weighted by Crippen LogP contribution is 2.25. The number of aromatic nitrogens is 4. The number of hydrogen-bond donors (Lipinski definition) is 1. The summed E-state index contributed by atoms with van der Waals surface area (Å²) < 4.78 is 12.5. The minimum Gasteiger partial charge on any atom is -0.497 e. The minimum atomic E-state index is -0.599. The average Bonchev–Trinajstić information content (AvgIpc) is 3.47. The number of nitrogens with one attached hydrogen (secondary N) is 1. The summed E-state index contributed by atoms with van der Waals surface area (Å²) in [7, 11) is 3.21. The molecule has 1 unspecified atom stereocenters. The fraction of sp³-hybridized carbons (Fsp3) is 0.444. The number of amides is 2. The molecule has 4 rings (SSSR count). The number of benzene rings is 1. The van der Waals surface area contributed by atoms with Gasteiger partial charge in [0.1, 0.15) is 29.7 Å². The fourth-order valence-corrected chi connectivity index (χ4v) is 4.40. The molecule has 1 aliphatic heterocycles. The number of rotatable bonds is 9. The Kier molecular flexibility index (Phi) is 8.45. The molecule has 3 aromatic rings. The van der Waals surface area contributed by atoms with Gasteiger partial charge in [-0.15, -0.1) is 0 Å². The van der Waals surface area contributed by atoms with Crippen molar-refractivity contribution in [3.8, 4) is 17.4 Å². The van der Waals surface area contributed by atoms with E-state index in [1.165, 1.54) is 6.92 Å². The van der Waals surface area contributed by atoms with E-state index in [1.54, 1.807) is 42.4 Å². The first-order chi connectivity index (χ1) is 18.3. The molecule has 1 saturated heterocycles. The summed E-state index contributed by atoms with van der Waals surface area (Å²) in [5.41, 5.74) is 1.84. The van der Waals surface area contributed by atoms with Gasteiger partial charge in [-0.2, -0.15) is 4.98 Å². The maximum Gasteiger partial charge on any atom is 0.244 e. The zero-order valence-electron chi connectivity index (χ0n) is 22.5. The molecule has 11 heteroatoms. The van der Waals surface area contributed by atoms with Gasteiger partial charge in [-0.25, -0.2) is 9.97 Å². The van der Waals surface area contributed by atoms with Gasteiger partial charge in [0.15, 0.2) is 0 Å². The standard InChI is InChI=1S/C27H35N7O4/c1-18(2)23-15-25(31-27(30-23)33-9-8-28-17-33)34-11-10-32(19(3)35)16-24(34)26(36)29-7-6-20-12-21(37-4)14-22(13-20)38-5/h8-9,12-15,17-18,24H,6-7,10-11,16H2,1-5H3,(H,29,36). The second-order valence-electron chi connectivity index (χ2n) is 9.51. The molecule has 2 aromatic heterocycles. The predicted octanol–water partition coefficient (Wildman–Crippen LogP) is 2.20. The van der Waals surface area contributed by atoms with Gasteiger partial charge >= 0.3 is 0 Å². The first-order valence-electron chi connectivity index (χ1n) is 12.7. The van der Waals surface area contributed by atoms with Crippen LogP contribution in [0.15, 0.2) is 43.0 Å². The van der Waals surface area contributed by atoms with Crippen LogP contribution in [0.1, 0.15) is 37.9 Å². The third-order valence-corrected chi connectivity index (χ3v) is 6.59. The van der Waals surface area contributed by atoms with E-state index >= 15 is 0 Å². The quantitative estimate of drug-likeness (QED) is 0.456. The maximum atomic E-state index is 13.5. The summed E-state index contributed by atoms with van der Waals surface area (Å²) in [5, 5.41) is 3.06. The van der Waals surface area contributed by atoms with Crippen molar-refractivity contribution in [2.24, 2.45) is 0 Å². The van der Waals surface area contributed by atoms with Crippen molar-refractivity contribution in [3.63, 3.8) is 0 Å². The molecule has 1 fully saturated rings. The van der Waals surface area contributed by atoms with Crippen LogP contribution in [0, 0.1) is 0 Å². The van der Waals surface area contributed by atoms with Crippen molar-refractivity contribution in [1.82, 2.24) is 29.7 Å². The Bertz CT molecular complexity index is 1240. The molecule has 3 heterocycles. The van der Waals surface area contributed by atoms with Crippen LogP contribution in [0.4, 0.5) is 5.82 Å². The average molecular weight is 522 g/mol. The van der Waals surface area contributed by atoms with E-state index in [9.17, 15) is 9.59 Å². The number of carbonyl (C=O) groups excluding carboxylic acids is 2. The third-order valence-electron chi connectivity index (χ3n) is 6.59. The molecule has 0 saturated carbocycles. The normalized spacial score (nSPS) is 15.5. The van der Waals surface area contributed by atoms with Crippen LogP contribution in [-0.4, -0.2) is 82.7 Å². The van der Waals surface area contributed by atoms with Gasteiger partial charge in [0.2, 0.25) is 17.8 Å². The largest absolute Gasteiger partial charge is 0.497 e. The summed E-state index contributed by atoms with van der Waals surface area (Å²) in [6.45, 7) is 7.33. The summed E-state index contributed by atoms with van der Waals surface area (Å²) in [6.07, 6.45) is 5.70. The van der Waals surface area contributed by atoms with E-state index in [-0.39, 0.29) is 24.3 Å². The fourth-order valence-electron chi connectivity index (χ4n) is 4.40. The summed E-state index contributed by atoms with van der Waals surface area (Å²) in [4.78, 5) is 43.0. The highest BCUT2D eigenvalue weighted by atomic mass is 16.5. The summed E-state index contributed by atoms with van der Waals surface area (Å²) >= 11 is 0. The van der Waals surface area contributed by atoms with Crippen molar-refractivity contribution >= 4 is 17.6 Å². The number of nitrogens with zero attached hydrogens (tertiary/aromatic N) is 6. The van der Waals surface area contributed by atoms with Crippen LogP contribution in [-0.2, 0) is 16.0 Å². The van der Waals surface area contributed by atoms with Gasteiger partial charge in [-0.1, -0.05) is 13.8 Å². The topological polar surface area (TPSA) is 115 Å². The second kappa shape index (κ2) is 11.9. The highest BCUT2D eigenvalue weighted by molar-refractivity contribution is 5.86. The number of ether oxygens (including phenoxy) is 2. The molecule has 2 amide bonds. The molecule has 11 nitrogen and oxygen atoms in total. The van der Waals surface area contributed by atoms with Crippen molar-refractivity contribution in [2.75, 3.05) is 45.3 Å². The Morgan fingerprint density at radius 1 is 1.08 bits per heavy atom. The van der Waals surface area contributed by atoms with Crippen LogP contribution < -0.4 is 19.7 Å². The van der Waals surface area contributed by atoms with Gasteiger partial charge in [-0.05, 0) is 30.0 Å². The molecular formula is C27H35N7O4. The Hall–Kier alpha value is -4.15. The molecule has 202 valence electrons. The van der Waals surface area contributed by atoms with Crippen LogP contribution in [0.3, 0.4) is 0 Å². The van der Waals surface area contributed by atoms with Crippen molar-refractivity contribution in [1.29, 1.82) is 0 Å². The van der Waals surface area contributed by atoms with E-state index in [0.717, 1.165) is 11.3 Å². The zero-order valence-corrected chi connectivity index (χ0v) is 22.5. The maximum absolute atomic E-state index is 13.5. The molecule has 1 aliphatic rings. The SMILES string of the molecule is COc1cc(CCNC(=O)C2CN(C(C)=O)CCN2c2cc(C(C)C)nc(-n3ccnc3)n2)cc(OC)c1. The third kappa shape index (κ3) is 6.21. The summed E-state index contributed by atoms with van der Waals surface area (Å²) in [6, 6.07) is 6.98. The van der Waals surface area contributed by atoms with E-state index in [1.807, 2.05) is 29.2 Å². The van der Waals surface area contributed by atoms with Gasteiger partial charge in [0.05, 0.1) is 26.5 Å². The van der Waals surface area contributed by atoms with Crippen LogP contribution in [0.5, 0.6) is 11.5 Å². The van der Waals surface area contributed by atoms with Gasteiger partial charge in [-0.3, -0.25) is 14.2 Å². The number of carbonyl (C=O) groups is 2. The predicted molar refractivity (Wildman–Crippen MR) is 143 cm³/mol. The second-order valence-corrected chi connectivity index (χ2v) is 9.51. The first-order valence-corrected chi connectivity index (χ1v) is 12.7. The van der Waals surface area contributed by atoms with E-state index in [2.05, 4.69) is 24.1 Å². The number of methoxy groups -OCH3 is 2. The molecule has 1 N–H and O–H groups in total. The van der Waals surface area contributed by atoms with Gasteiger partial charge in [0.25, 0.3) is 0 Å². The molecule has 0 bridgehead atoms. The van der Waals surface area contributed by atoms with Gasteiger partial charge < -0.3 is 24.6 Å². The Morgan fingerprint density at radius 3 is 2.42 bits per heavy atom. The smallest absolute Gasteiger partial charge is 0.244 e. The van der Waals surface area contributed by atoms with Crippen molar-refractivity contribution in [2.45, 2.75) is 39.2 Å². The lowest BCUT2D eigenvalue weighted by atomic mass is 10.1. The molecule has 0 radical (unpaired) electrons. The van der Waals surface area contributed by atoms with E-state index in [4.69, 9.17) is 19.4 Å². The number of piperazine rings is 1. The Balaban J connectivity index is 1.56. The van der Waals surface area contributed by atoms with Crippen LogP contribution >= 0.6 is 0 Å². The Morgan fingerprint density at radius 2 is 1.82 bits per heavy atom. The van der Waals surface area contributed by atoms with Crippen LogP contribution in [0.25, 0.3) is 5.95 Å². The van der Waals surface area contributed by atoms with Crippen molar-refractivity contribution < 1.29 is 19.1 Å². The number of anilines is 1. The highest BCUT2D eigenvalue weighted by Gasteiger charge is 2.34. The monoisotopic (exact) mass is 521 g/mol. The minimum absolute atomic E-state index is 0.0596. The van der Waals surface area contributed by atoms with Gasteiger partial charge in [0, 0.05) is 51.1 Å². The van der Waals surface area contributed by atoms with E-state index < -0.39 is 6.04 Å². The lowest BCUT2D eigenvalue weighted by molar-refractivity contribution is -0.131. The summed E-state index contributed by atoms with van der Waals surface area (Å²) in [5.74, 6) is 2.45. The molecule has 0 spiro atoms. The molecule has 1 atom stereocenters. The Labute approximate surface area is 222 Å². The zero-order chi connectivity index (χ0) is 27.2. The van der Waals surface area contributed by atoms with E-state index in [0.29, 0.717) is 49.3 Å². The molecule has 1 aromatic carbocycles. The van der Waals surface area contributed by atoms with Crippen LogP contribution in [0.2, 0.25) is 0 Å². The number of hydrogen-bond acceptors (Lipinski definition) is 8. The molecule has 0 aliphatic carbocycles. The first kappa shape index (κ1) is 26.9. The molecular weight excluding hydrogens is 486 g/mol. The number of imidazole rings is 1. The van der Waals surface area contributed by atoms with Crippen molar-refractivity contribution in [3.05, 3.63) is 54.2 Å². The molecule has 38 heavy (non-hydrogen) atoms. The lowest BCUT2D eigenvalue weighted by Gasteiger charge is -2.41.